The first-order valence-electron chi connectivity index (χ1n) is 9.43. The number of rotatable bonds is 5. The van der Waals surface area contributed by atoms with Gasteiger partial charge in [-0.25, -0.2) is 14.8 Å². The third-order valence-corrected chi connectivity index (χ3v) is 4.61. The van der Waals surface area contributed by atoms with Gasteiger partial charge in [0.25, 0.3) is 0 Å². The maximum absolute atomic E-state index is 12.4. The van der Waals surface area contributed by atoms with Gasteiger partial charge >= 0.3 is 5.97 Å². The zero-order chi connectivity index (χ0) is 20.1. The summed E-state index contributed by atoms with van der Waals surface area (Å²) < 4.78 is 5.59. The van der Waals surface area contributed by atoms with Gasteiger partial charge in [-0.3, -0.25) is 0 Å². The van der Waals surface area contributed by atoms with Crippen molar-refractivity contribution < 1.29 is 9.53 Å². The molecule has 1 heterocycles. The highest BCUT2D eigenvalue weighted by atomic mass is 16.5. The van der Waals surface area contributed by atoms with Crippen LogP contribution in [0.4, 0.5) is 0 Å². The largest absolute Gasteiger partial charge is 0.456 e. The van der Waals surface area contributed by atoms with E-state index in [1.54, 1.807) is 12.1 Å². The minimum Gasteiger partial charge on any atom is -0.456 e. The number of carbonyl (C=O) groups is 1. The molecule has 0 amide bonds. The van der Waals surface area contributed by atoms with Gasteiger partial charge in [0, 0.05) is 16.8 Å². The summed E-state index contributed by atoms with van der Waals surface area (Å²) >= 11 is 0. The van der Waals surface area contributed by atoms with Gasteiger partial charge in [0.1, 0.15) is 6.61 Å². The van der Waals surface area contributed by atoms with E-state index in [-0.39, 0.29) is 12.6 Å². The first-order valence-corrected chi connectivity index (χ1v) is 9.43. The molecule has 4 rings (SSSR count). The fourth-order valence-electron chi connectivity index (χ4n) is 3.22. The number of esters is 1. The molecular weight excluding hydrogens is 360 g/mol. The quantitative estimate of drug-likeness (QED) is 0.431. The van der Waals surface area contributed by atoms with Crippen molar-refractivity contribution in [3.63, 3.8) is 0 Å². The number of ether oxygens (including phenoxy) is 1. The molecule has 0 spiro atoms. The number of aromatic nitrogens is 2. The van der Waals surface area contributed by atoms with E-state index >= 15 is 0 Å². The Labute approximate surface area is 169 Å². The molecule has 142 valence electrons. The summed E-state index contributed by atoms with van der Waals surface area (Å²) in [5.74, 6) is 0.246. The molecule has 0 aliphatic rings. The van der Waals surface area contributed by atoms with Crippen molar-refractivity contribution in [2.75, 3.05) is 0 Å². The number of hydrogen-bond acceptors (Lipinski definition) is 4. The van der Waals surface area contributed by atoms with Crippen LogP contribution in [-0.4, -0.2) is 15.9 Å². The van der Waals surface area contributed by atoms with Crippen molar-refractivity contribution >= 4 is 5.97 Å². The van der Waals surface area contributed by atoms with Crippen molar-refractivity contribution in [3.8, 4) is 22.5 Å². The van der Waals surface area contributed by atoms with Crippen molar-refractivity contribution in [1.82, 2.24) is 9.97 Å². The molecule has 0 bridgehead atoms. The zero-order valence-electron chi connectivity index (χ0n) is 16.1. The minimum atomic E-state index is -0.373. The first-order chi connectivity index (χ1) is 14.2. The highest BCUT2D eigenvalue weighted by molar-refractivity contribution is 5.89. The molecule has 0 aliphatic carbocycles. The topological polar surface area (TPSA) is 52.1 Å². The van der Waals surface area contributed by atoms with Crippen LogP contribution in [0.2, 0.25) is 0 Å². The molecular formula is C25H20N2O2. The lowest BCUT2D eigenvalue weighted by Crippen LogP contribution is -2.09. The highest BCUT2D eigenvalue weighted by Crippen LogP contribution is 2.28. The van der Waals surface area contributed by atoms with Crippen LogP contribution in [0.3, 0.4) is 0 Å². The van der Waals surface area contributed by atoms with Crippen molar-refractivity contribution in [2.24, 2.45) is 0 Å². The number of carbonyl (C=O) groups excluding carboxylic acids is 1. The molecule has 29 heavy (non-hydrogen) atoms. The van der Waals surface area contributed by atoms with Gasteiger partial charge in [-0.1, -0.05) is 78.9 Å². The second-order valence-corrected chi connectivity index (χ2v) is 6.63. The Morgan fingerprint density at radius 3 is 1.93 bits per heavy atom. The normalized spacial score (nSPS) is 10.5. The van der Waals surface area contributed by atoms with Crippen molar-refractivity contribution in [3.05, 3.63) is 108 Å². The molecule has 0 aliphatic heterocycles. The van der Waals surface area contributed by atoms with Gasteiger partial charge in [0.05, 0.1) is 11.3 Å². The Kier molecular flexibility index (Phi) is 5.43. The lowest BCUT2D eigenvalue weighted by atomic mass is 10.0. The summed E-state index contributed by atoms with van der Waals surface area (Å²) in [5.41, 5.74) is 4.86. The third kappa shape index (κ3) is 4.22. The van der Waals surface area contributed by atoms with E-state index < -0.39 is 0 Å². The Hall–Kier alpha value is -3.79. The van der Waals surface area contributed by atoms with Gasteiger partial charge in [0.15, 0.2) is 5.82 Å². The van der Waals surface area contributed by atoms with Crippen LogP contribution in [0.15, 0.2) is 91.0 Å². The standard InChI is InChI=1S/C25H20N2O2/c1-18-23(19-11-5-2-6-12-19)22(17-29-25(28)21-15-9-4-10-16-21)27-24(26-18)20-13-7-3-8-14-20/h2-16H,17H2,1H3. The zero-order valence-corrected chi connectivity index (χ0v) is 16.1. The monoisotopic (exact) mass is 380 g/mol. The van der Waals surface area contributed by atoms with E-state index in [1.165, 1.54) is 0 Å². The number of nitrogens with zero attached hydrogens (tertiary/aromatic N) is 2. The van der Waals surface area contributed by atoms with Crippen LogP contribution < -0.4 is 0 Å². The van der Waals surface area contributed by atoms with Crippen LogP contribution in [0.1, 0.15) is 21.7 Å². The Morgan fingerprint density at radius 1 is 0.759 bits per heavy atom. The molecule has 0 fully saturated rings. The summed E-state index contributed by atoms with van der Waals surface area (Å²) in [6, 6.07) is 28.7. The average Bonchev–Trinajstić information content (AvgIpc) is 2.79. The van der Waals surface area contributed by atoms with Gasteiger partial charge in [0.2, 0.25) is 0 Å². The van der Waals surface area contributed by atoms with Gasteiger partial charge < -0.3 is 4.74 Å². The third-order valence-electron chi connectivity index (χ3n) is 4.61. The summed E-state index contributed by atoms with van der Waals surface area (Å²) in [4.78, 5) is 21.9. The van der Waals surface area contributed by atoms with E-state index in [4.69, 9.17) is 14.7 Å². The average molecular weight is 380 g/mol. The molecule has 0 N–H and O–H groups in total. The molecule has 0 unspecified atom stereocenters. The Morgan fingerprint density at radius 2 is 1.31 bits per heavy atom. The summed E-state index contributed by atoms with van der Waals surface area (Å²) in [6.45, 7) is 2.03. The molecule has 0 atom stereocenters. The minimum absolute atomic E-state index is 0.0706. The van der Waals surface area contributed by atoms with E-state index in [0.29, 0.717) is 17.1 Å². The second-order valence-electron chi connectivity index (χ2n) is 6.63. The molecule has 3 aromatic carbocycles. The fourth-order valence-corrected chi connectivity index (χ4v) is 3.22. The molecule has 0 saturated carbocycles. The predicted molar refractivity (Wildman–Crippen MR) is 113 cm³/mol. The van der Waals surface area contributed by atoms with Crippen molar-refractivity contribution in [2.45, 2.75) is 13.5 Å². The van der Waals surface area contributed by atoms with Crippen LogP contribution in [0, 0.1) is 6.92 Å². The van der Waals surface area contributed by atoms with E-state index in [2.05, 4.69) is 0 Å². The van der Waals surface area contributed by atoms with Gasteiger partial charge in [-0.05, 0) is 24.6 Å². The fraction of sp³-hybridized carbons (Fsp3) is 0.0800. The van der Waals surface area contributed by atoms with Crippen LogP contribution in [-0.2, 0) is 11.3 Å². The Bertz CT molecular complexity index is 1110. The predicted octanol–water partition coefficient (Wildman–Crippen LogP) is 5.48. The number of aryl methyl sites for hydroxylation is 1. The second kappa shape index (κ2) is 8.48. The summed E-state index contributed by atoms with van der Waals surface area (Å²) in [5, 5.41) is 0. The molecule has 4 aromatic rings. The SMILES string of the molecule is Cc1nc(-c2ccccc2)nc(COC(=O)c2ccccc2)c1-c1ccccc1. The van der Waals surface area contributed by atoms with E-state index in [1.807, 2.05) is 85.8 Å². The van der Waals surface area contributed by atoms with E-state index in [9.17, 15) is 4.79 Å². The molecule has 4 nitrogen and oxygen atoms in total. The molecule has 0 radical (unpaired) electrons. The molecule has 1 aromatic heterocycles. The molecule has 4 heteroatoms. The van der Waals surface area contributed by atoms with Crippen LogP contribution >= 0.6 is 0 Å². The van der Waals surface area contributed by atoms with E-state index in [0.717, 1.165) is 22.4 Å². The lowest BCUT2D eigenvalue weighted by molar-refractivity contribution is 0.0468. The lowest BCUT2D eigenvalue weighted by Gasteiger charge is -2.14. The van der Waals surface area contributed by atoms with Gasteiger partial charge in [-0.15, -0.1) is 0 Å². The van der Waals surface area contributed by atoms with Crippen LogP contribution in [0.25, 0.3) is 22.5 Å². The maximum atomic E-state index is 12.4. The highest BCUT2D eigenvalue weighted by Gasteiger charge is 2.16. The van der Waals surface area contributed by atoms with Crippen molar-refractivity contribution in [1.29, 1.82) is 0 Å². The smallest absolute Gasteiger partial charge is 0.338 e. The van der Waals surface area contributed by atoms with Crippen LogP contribution in [0.5, 0.6) is 0 Å². The number of hydrogen-bond donors (Lipinski definition) is 0. The summed E-state index contributed by atoms with van der Waals surface area (Å²) in [6.07, 6.45) is 0. The first kappa shape index (κ1) is 18.6. The Balaban J connectivity index is 1.72. The maximum Gasteiger partial charge on any atom is 0.338 e. The number of benzene rings is 3. The molecule has 0 saturated heterocycles. The summed E-state index contributed by atoms with van der Waals surface area (Å²) in [7, 11) is 0. The van der Waals surface area contributed by atoms with Gasteiger partial charge in [-0.2, -0.15) is 0 Å².